The van der Waals surface area contributed by atoms with Crippen molar-refractivity contribution in [3.8, 4) is 0 Å². The Morgan fingerprint density at radius 1 is 1.40 bits per heavy atom. The van der Waals surface area contributed by atoms with E-state index in [4.69, 9.17) is 11.6 Å². The number of nitrogen functional groups attached to an aromatic ring is 1. The lowest BCUT2D eigenvalue weighted by Crippen LogP contribution is -2.13. The van der Waals surface area contributed by atoms with Gasteiger partial charge in [-0.25, -0.2) is 15.8 Å². The van der Waals surface area contributed by atoms with Crippen LogP contribution in [-0.4, -0.2) is 16.5 Å². The van der Waals surface area contributed by atoms with Gasteiger partial charge < -0.3 is 11.2 Å². The first-order valence-corrected chi connectivity index (χ1v) is 4.01. The number of hydrazine groups is 1. The molecule has 0 radical (unpaired) electrons. The van der Waals surface area contributed by atoms with Gasteiger partial charge in [-0.1, -0.05) is 6.92 Å². The standard InChI is InChI=1S/C5H5F3N4.C2H7N/c6-5(7,8)3-1-4(12-9)11-2-10-3;1-2-3/h1-2H,9H2,(H,10,11,12);2-3H2,1H3. The molecular formula is C7H12F3N5. The maximum Gasteiger partial charge on any atom is 0.433 e. The average molecular weight is 223 g/mol. The fourth-order valence-corrected chi connectivity index (χ4v) is 0.591. The summed E-state index contributed by atoms with van der Waals surface area (Å²) in [5, 5.41) is 0. The molecule has 0 amide bonds. The van der Waals surface area contributed by atoms with E-state index in [-0.39, 0.29) is 5.82 Å². The number of aromatic nitrogens is 2. The van der Waals surface area contributed by atoms with Crippen LogP contribution in [0.4, 0.5) is 19.0 Å². The number of anilines is 1. The van der Waals surface area contributed by atoms with Crippen LogP contribution < -0.4 is 17.0 Å². The first-order chi connectivity index (χ1) is 6.95. The number of nitrogens with two attached hydrogens (primary N) is 2. The van der Waals surface area contributed by atoms with Crippen molar-refractivity contribution in [3.05, 3.63) is 18.1 Å². The molecule has 0 aliphatic heterocycles. The molecule has 0 aliphatic carbocycles. The monoisotopic (exact) mass is 223 g/mol. The number of rotatable bonds is 1. The minimum Gasteiger partial charge on any atom is -0.331 e. The summed E-state index contributed by atoms with van der Waals surface area (Å²) in [4.78, 5) is 6.45. The summed E-state index contributed by atoms with van der Waals surface area (Å²) < 4.78 is 35.8. The van der Waals surface area contributed by atoms with Crippen LogP contribution in [-0.2, 0) is 6.18 Å². The molecule has 15 heavy (non-hydrogen) atoms. The van der Waals surface area contributed by atoms with Gasteiger partial charge >= 0.3 is 6.18 Å². The molecule has 1 aromatic rings. The van der Waals surface area contributed by atoms with Gasteiger partial charge in [0.25, 0.3) is 0 Å². The van der Waals surface area contributed by atoms with Crippen molar-refractivity contribution in [3.63, 3.8) is 0 Å². The van der Waals surface area contributed by atoms with Gasteiger partial charge in [0, 0.05) is 6.07 Å². The van der Waals surface area contributed by atoms with E-state index in [0.29, 0.717) is 0 Å². The molecule has 0 spiro atoms. The van der Waals surface area contributed by atoms with Crippen LogP contribution in [0.5, 0.6) is 0 Å². The quantitative estimate of drug-likeness (QED) is 0.482. The zero-order valence-electron chi connectivity index (χ0n) is 8.04. The van der Waals surface area contributed by atoms with Crippen molar-refractivity contribution in [1.82, 2.24) is 9.97 Å². The molecule has 0 bridgehead atoms. The fraction of sp³-hybridized carbons (Fsp3) is 0.429. The topological polar surface area (TPSA) is 89.8 Å². The van der Waals surface area contributed by atoms with Gasteiger partial charge in [0.2, 0.25) is 0 Å². The third-order valence-corrected chi connectivity index (χ3v) is 1.11. The smallest absolute Gasteiger partial charge is 0.331 e. The van der Waals surface area contributed by atoms with E-state index in [0.717, 1.165) is 18.9 Å². The lowest BCUT2D eigenvalue weighted by atomic mass is 10.4. The highest BCUT2D eigenvalue weighted by atomic mass is 19.4. The largest absolute Gasteiger partial charge is 0.433 e. The predicted molar refractivity (Wildman–Crippen MR) is 49.6 cm³/mol. The van der Waals surface area contributed by atoms with Gasteiger partial charge in [0.05, 0.1) is 0 Å². The second-order valence-electron chi connectivity index (χ2n) is 2.34. The van der Waals surface area contributed by atoms with Crippen molar-refractivity contribution >= 4 is 5.82 Å². The Kier molecular flexibility index (Phi) is 5.57. The molecule has 0 saturated heterocycles. The van der Waals surface area contributed by atoms with Crippen molar-refractivity contribution in [1.29, 1.82) is 0 Å². The third-order valence-electron chi connectivity index (χ3n) is 1.11. The molecule has 0 atom stereocenters. The molecule has 0 aliphatic rings. The van der Waals surface area contributed by atoms with E-state index in [2.05, 4.69) is 9.97 Å². The molecule has 0 saturated carbocycles. The average Bonchev–Trinajstić information content (AvgIpc) is 2.18. The van der Waals surface area contributed by atoms with Gasteiger partial charge in [-0.2, -0.15) is 13.2 Å². The number of nitrogens with one attached hydrogen (secondary N) is 1. The summed E-state index contributed by atoms with van der Waals surface area (Å²) in [5.74, 6) is 4.78. The number of hydrogen-bond acceptors (Lipinski definition) is 5. The van der Waals surface area contributed by atoms with E-state index < -0.39 is 11.9 Å². The normalized spacial score (nSPS) is 10.3. The van der Waals surface area contributed by atoms with Crippen LogP contribution in [0.2, 0.25) is 0 Å². The molecule has 1 aromatic heterocycles. The Balaban J connectivity index is 0.000000583. The van der Waals surface area contributed by atoms with Crippen molar-refractivity contribution in [2.45, 2.75) is 13.1 Å². The van der Waals surface area contributed by atoms with E-state index in [1.807, 2.05) is 12.3 Å². The Morgan fingerprint density at radius 3 is 2.33 bits per heavy atom. The lowest BCUT2D eigenvalue weighted by Gasteiger charge is -2.05. The first kappa shape index (κ1) is 13.6. The molecule has 5 N–H and O–H groups in total. The van der Waals surface area contributed by atoms with E-state index >= 15 is 0 Å². The zero-order valence-corrected chi connectivity index (χ0v) is 8.04. The van der Waals surface area contributed by atoms with Crippen LogP contribution in [0, 0.1) is 0 Å². The van der Waals surface area contributed by atoms with Crippen molar-refractivity contribution < 1.29 is 13.2 Å². The molecule has 0 aromatic carbocycles. The summed E-state index contributed by atoms with van der Waals surface area (Å²) in [7, 11) is 0. The summed E-state index contributed by atoms with van der Waals surface area (Å²) in [6.07, 6.45) is -3.67. The molecule has 0 fully saturated rings. The summed E-state index contributed by atoms with van der Waals surface area (Å²) in [6.45, 7) is 2.65. The van der Waals surface area contributed by atoms with Crippen LogP contribution in [0.1, 0.15) is 12.6 Å². The molecule has 86 valence electrons. The zero-order chi connectivity index (χ0) is 11.9. The number of nitrogens with zero attached hydrogens (tertiary/aromatic N) is 2. The number of hydrogen-bond donors (Lipinski definition) is 3. The van der Waals surface area contributed by atoms with Crippen LogP contribution in [0.15, 0.2) is 12.4 Å². The lowest BCUT2D eigenvalue weighted by molar-refractivity contribution is -0.141. The third kappa shape index (κ3) is 5.13. The number of alkyl halides is 3. The molecule has 1 heterocycles. The van der Waals surface area contributed by atoms with Crippen molar-refractivity contribution in [2.24, 2.45) is 11.6 Å². The molecule has 5 nitrogen and oxygen atoms in total. The van der Waals surface area contributed by atoms with Gasteiger partial charge in [0.1, 0.15) is 17.8 Å². The highest BCUT2D eigenvalue weighted by Crippen LogP contribution is 2.27. The van der Waals surface area contributed by atoms with E-state index in [9.17, 15) is 13.2 Å². The van der Waals surface area contributed by atoms with E-state index in [1.165, 1.54) is 0 Å². The van der Waals surface area contributed by atoms with Gasteiger partial charge in [-0.3, -0.25) is 0 Å². The second-order valence-corrected chi connectivity index (χ2v) is 2.34. The summed E-state index contributed by atoms with van der Waals surface area (Å²) in [5.41, 5.74) is 5.81. The molecule has 1 rings (SSSR count). The maximum absolute atomic E-state index is 11.9. The predicted octanol–water partition coefficient (Wildman–Crippen LogP) is 0.746. The van der Waals surface area contributed by atoms with Crippen molar-refractivity contribution in [2.75, 3.05) is 12.0 Å². The maximum atomic E-state index is 11.9. The van der Waals surface area contributed by atoms with Crippen LogP contribution in [0.3, 0.4) is 0 Å². The fourth-order valence-electron chi connectivity index (χ4n) is 0.591. The molecule has 0 unspecified atom stereocenters. The summed E-state index contributed by atoms with van der Waals surface area (Å²) in [6, 6.07) is 0.722. The Bertz CT molecular complexity index is 288. The van der Waals surface area contributed by atoms with Crippen LogP contribution in [0.25, 0.3) is 0 Å². The SMILES string of the molecule is CCN.NNc1cc(C(F)(F)F)ncn1. The van der Waals surface area contributed by atoms with E-state index in [1.54, 1.807) is 0 Å². The Labute approximate surface area is 84.7 Å². The molecule has 8 heteroatoms. The van der Waals surface area contributed by atoms with Gasteiger partial charge in [0.15, 0.2) is 0 Å². The first-order valence-electron chi connectivity index (χ1n) is 4.01. The Hall–Kier alpha value is -1.41. The minimum atomic E-state index is -4.46. The number of halogens is 3. The Morgan fingerprint density at radius 2 is 1.93 bits per heavy atom. The van der Waals surface area contributed by atoms with Crippen LogP contribution >= 0.6 is 0 Å². The summed E-state index contributed by atoms with van der Waals surface area (Å²) >= 11 is 0. The highest BCUT2D eigenvalue weighted by molar-refractivity contribution is 5.33. The van der Waals surface area contributed by atoms with Gasteiger partial charge in [-0.15, -0.1) is 0 Å². The highest BCUT2D eigenvalue weighted by Gasteiger charge is 2.32. The second kappa shape index (κ2) is 6.14. The molecular weight excluding hydrogens is 211 g/mol. The minimum absolute atomic E-state index is 0.0719. The van der Waals surface area contributed by atoms with Gasteiger partial charge in [-0.05, 0) is 6.54 Å².